The van der Waals surface area contributed by atoms with Crippen molar-refractivity contribution in [2.24, 2.45) is 10.9 Å². The zero-order valence-corrected chi connectivity index (χ0v) is 9.91. The van der Waals surface area contributed by atoms with Crippen LogP contribution in [0.15, 0.2) is 28.4 Å². The number of pyridine rings is 1. The van der Waals surface area contributed by atoms with Crippen LogP contribution in [-0.4, -0.2) is 35.5 Å². The molecule has 6 heteroatoms. The number of nitrogens with zero attached hydrogens (tertiary/aromatic N) is 2. The van der Waals surface area contributed by atoms with Gasteiger partial charge in [-0.25, -0.2) is 0 Å². The van der Waals surface area contributed by atoms with Gasteiger partial charge in [0.15, 0.2) is 5.84 Å². The fourth-order valence-corrected chi connectivity index (χ4v) is 2.08. The van der Waals surface area contributed by atoms with Crippen LogP contribution in [0, 0.1) is 0 Å². The molecule has 0 spiro atoms. The lowest BCUT2D eigenvalue weighted by molar-refractivity contribution is 0.200. The second kappa shape index (κ2) is 7.08. The number of hydrogen-bond donors (Lipinski definition) is 2. The van der Waals surface area contributed by atoms with Crippen molar-refractivity contribution in [2.75, 3.05) is 19.5 Å². The van der Waals surface area contributed by atoms with E-state index in [0.717, 1.165) is 23.7 Å². The summed E-state index contributed by atoms with van der Waals surface area (Å²) in [4.78, 5) is 4.99. The zero-order valence-electron chi connectivity index (χ0n) is 9.09. The minimum Gasteiger partial charge on any atom is -0.409 e. The zero-order chi connectivity index (χ0) is 11.8. The highest BCUT2D eigenvalue weighted by Crippen LogP contribution is 2.21. The summed E-state index contributed by atoms with van der Waals surface area (Å²) in [6, 6.07) is 3.73. The smallest absolute Gasteiger partial charge is 0.189 e. The van der Waals surface area contributed by atoms with Crippen molar-refractivity contribution in [3.8, 4) is 0 Å². The lowest BCUT2D eigenvalue weighted by Crippen LogP contribution is -2.16. The summed E-state index contributed by atoms with van der Waals surface area (Å²) in [5.74, 6) is 0.945. The maximum Gasteiger partial charge on any atom is 0.189 e. The molecule has 16 heavy (non-hydrogen) atoms. The lowest BCUT2D eigenvalue weighted by atomic mass is 10.3. The Bertz CT molecular complexity index is 358. The second-order valence-electron chi connectivity index (χ2n) is 3.03. The molecule has 0 radical (unpaired) electrons. The van der Waals surface area contributed by atoms with Crippen molar-refractivity contribution < 1.29 is 9.94 Å². The molecule has 0 aliphatic heterocycles. The molecule has 3 N–H and O–H groups in total. The Kier molecular flexibility index (Phi) is 5.66. The molecule has 0 atom stereocenters. The highest BCUT2D eigenvalue weighted by atomic mass is 32.2. The van der Waals surface area contributed by atoms with Gasteiger partial charge in [0, 0.05) is 30.6 Å². The summed E-state index contributed by atoms with van der Waals surface area (Å²) in [5.41, 5.74) is 6.05. The van der Waals surface area contributed by atoms with E-state index in [2.05, 4.69) is 10.1 Å². The molecule has 0 unspecified atom stereocenters. The number of thioether (sulfide) groups is 1. The number of methoxy groups -OCH3 is 1. The Balaban J connectivity index is 2.64. The molecule has 0 aromatic carbocycles. The summed E-state index contributed by atoms with van der Waals surface area (Å²) < 4.78 is 4.96. The van der Waals surface area contributed by atoms with Gasteiger partial charge in [-0.2, -0.15) is 0 Å². The molecule has 0 aliphatic rings. The molecule has 0 saturated heterocycles. The fourth-order valence-electron chi connectivity index (χ4n) is 1.13. The average molecular weight is 241 g/mol. The Labute approximate surface area is 98.7 Å². The van der Waals surface area contributed by atoms with Crippen LogP contribution < -0.4 is 5.73 Å². The van der Waals surface area contributed by atoms with Crippen LogP contribution >= 0.6 is 11.8 Å². The van der Waals surface area contributed by atoms with Crippen LogP contribution in [0.3, 0.4) is 0 Å². The third-order valence-electron chi connectivity index (χ3n) is 1.87. The number of amidine groups is 1. The van der Waals surface area contributed by atoms with E-state index in [9.17, 15) is 0 Å². The van der Waals surface area contributed by atoms with E-state index in [-0.39, 0.29) is 5.84 Å². The van der Waals surface area contributed by atoms with Crippen LogP contribution in [0.2, 0.25) is 0 Å². The molecular formula is C10H15N3O2S. The number of hydrogen-bond acceptors (Lipinski definition) is 5. The molecule has 0 amide bonds. The van der Waals surface area contributed by atoms with E-state index in [1.54, 1.807) is 25.1 Å². The minimum absolute atomic E-state index is 0.0369. The van der Waals surface area contributed by atoms with Gasteiger partial charge in [0.1, 0.15) is 5.69 Å². The molecule has 1 aromatic rings. The molecule has 0 aliphatic carbocycles. The monoisotopic (exact) mass is 241 g/mol. The number of nitrogens with two attached hydrogens (primary N) is 1. The molecule has 0 fully saturated rings. The van der Waals surface area contributed by atoms with Gasteiger partial charge in [0.25, 0.3) is 0 Å². The Hall–Kier alpha value is -1.27. The van der Waals surface area contributed by atoms with Crippen molar-refractivity contribution in [1.82, 2.24) is 4.98 Å². The van der Waals surface area contributed by atoms with Crippen molar-refractivity contribution in [2.45, 2.75) is 11.3 Å². The van der Waals surface area contributed by atoms with Crippen LogP contribution in [0.25, 0.3) is 0 Å². The molecular weight excluding hydrogens is 226 g/mol. The average Bonchev–Trinajstić information content (AvgIpc) is 2.34. The summed E-state index contributed by atoms with van der Waals surface area (Å²) in [5, 5.41) is 11.6. The Morgan fingerprint density at radius 1 is 1.69 bits per heavy atom. The molecule has 0 saturated carbocycles. The summed E-state index contributed by atoms with van der Waals surface area (Å²) >= 11 is 1.62. The van der Waals surface area contributed by atoms with Gasteiger partial charge in [-0.3, -0.25) is 4.98 Å². The van der Waals surface area contributed by atoms with Crippen molar-refractivity contribution in [3.05, 3.63) is 24.0 Å². The van der Waals surface area contributed by atoms with Crippen LogP contribution in [-0.2, 0) is 4.74 Å². The van der Waals surface area contributed by atoms with Crippen molar-refractivity contribution >= 4 is 17.6 Å². The molecule has 1 rings (SSSR count). The van der Waals surface area contributed by atoms with Crippen LogP contribution in [0.1, 0.15) is 12.1 Å². The highest BCUT2D eigenvalue weighted by molar-refractivity contribution is 7.99. The van der Waals surface area contributed by atoms with Crippen molar-refractivity contribution in [3.63, 3.8) is 0 Å². The third kappa shape index (κ3) is 3.71. The van der Waals surface area contributed by atoms with Gasteiger partial charge in [-0.05, 0) is 18.6 Å². The molecule has 88 valence electrons. The SMILES string of the molecule is COCCCSc1cccnc1/C(N)=N/O. The highest BCUT2D eigenvalue weighted by Gasteiger charge is 2.07. The largest absolute Gasteiger partial charge is 0.409 e. The van der Waals surface area contributed by atoms with E-state index >= 15 is 0 Å². The molecule has 1 heterocycles. The topological polar surface area (TPSA) is 80.7 Å². The van der Waals surface area contributed by atoms with E-state index in [1.807, 2.05) is 12.1 Å². The van der Waals surface area contributed by atoms with Gasteiger partial charge in [-0.15, -0.1) is 11.8 Å². The standard InChI is InChI=1S/C10H15N3O2S/c1-15-6-3-7-16-8-4-2-5-12-9(8)10(11)13-14/h2,4-5,14H,3,6-7H2,1H3,(H2,11,13). The quantitative estimate of drug-likeness (QED) is 0.196. The summed E-state index contributed by atoms with van der Waals surface area (Å²) in [6.07, 6.45) is 2.57. The van der Waals surface area contributed by atoms with Crippen LogP contribution in [0.5, 0.6) is 0 Å². The third-order valence-corrected chi connectivity index (χ3v) is 3.00. The first-order valence-corrected chi connectivity index (χ1v) is 5.82. The normalized spacial score (nSPS) is 11.7. The number of oxime groups is 1. The second-order valence-corrected chi connectivity index (χ2v) is 4.17. The van der Waals surface area contributed by atoms with Crippen LogP contribution in [0.4, 0.5) is 0 Å². The summed E-state index contributed by atoms with van der Waals surface area (Å²) in [6.45, 7) is 0.728. The van der Waals surface area contributed by atoms with E-state index < -0.39 is 0 Å². The van der Waals surface area contributed by atoms with Gasteiger partial charge in [0.2, 0.25) is 0 Å². The van der Waals surface area contributed by atoms with Gasteiger partial charge >= 0.3 is 0 Å². The predicted octanol–water partition coefficient (Wildman–Crippen LogP) is 1.30. The van der Waals surface area contributed by atoms with Gasteiger partial charge < -0.3 is 15.7 Å². The predicted molar refractivity (Wildman–Crippen MR) is 64.0 cm³/mol. The number of ether oxygens (including phenoxy) is 1. The number of aromatic nitrogens is 1. The Morgan fingerprint density at radius 3 is 3.19 bits per heavy atom. The maximum atomic E-state index is 8.62. The first kappa shape index (κ1) is 12.8. The molecule has 0 bridgehead atoms. The first-order valence-electron chi connectivity index (χ1n) is 4.84. The fraction of sp³-hybridized carbons (Fsp3) is 0.400. The molecule has 5 nitrogen and oxygen atoms in total. The van der Waals surface area contributed by atoms with Gasteiger partial charge in [0.05, 0.1) is 0 Å². The molecule has 1 aromatic heterocycles. The van der Waals surface area contributed by atoms with Gasteiger partial charge in [-0.1, -0.05) is 5.16 Å². The number of rotatable bonds is 6. The summed E-state index contributed by atoms with van der Waals surface area (Å²) in [7, 11) is 1.68. The Morgan fingerprint density at radius 2 is 2.50 bits per heavy atom. The van der Waals surface area contributed by atoms with E-state index in [1.165, 1.54) is 0 Å². The van der Waals surface area contributed by atoms with E-state index in [0.29, 0.717) is 5.69 Å². The lowest BCUT2D eigenvalue weighted by Gasteiger charge is -2.06. The van der Waals surface area contributed by atoms with Crippen molar-refractivity contribution in [1.29, 1.82) is 0 Å². The first-order chi connectivity index (χ1) is 7.79. The minimum atomic E-state index is 0.0369. The van der Waals surface area contributed by atoms with E-state index in [4.69, 9.17) is 15.7 Å². The maximum absolute atomic E-state index is 8.62.